The van der Waals surface area contributed by atoms with E-state index in [4.69, 9.17) is 0 Å². The fourth-order valence-electron chi connectivity index (χ4n) is 3.44. The van der Waals surface area contributed by atoms with Crippen molar-refractivity contribution in [2.24, 2.45) is 5.92 Å². The summed E-state index contributed by atoms with van der Waals surface area (Å²) in [6, 6.07) is 0.512. The monoisotopic (exact) mass is 252 g/mol. The quantitative estimate of drug-likeness (QED) is 0.815. The van der Waals surface area contributed by atoms with Gasteiger partial charge < -0.3 is 10.2 Å². The molecule has 2 fully saturated rings. The highest BCUT2D eigenvalue weighted by atomic mass is 16.2. The average Bonchev–Trinajstić information content (AvgIpc) is 2.92. The molecule has 2 aliphatic rings. The maximum Gasteiger partial charge on any atom is 0.222 e. The van der Waals surface area contributed by atoms with Crippen LogP contribution in [0.1, 0.15) is 57.8 Å². The first kappa shape index (κ1) is 13.9. The number of nitrogens with one attached hydrogen (secondary N) is 1. The van der Waals surface area contributed by atoms with Crippen LogP contribution in [0.25, 0.3) is 0 Å². The Morgan fingerprint density at radius 3 is 2.72 bits per heavy atom. The number of hydrogen-bond donors (Lipinski definition) is 1. The van der Waals surface area contributed by atoms with E-state index < -0.39 is 0 Å². The largest absolute Gasteiger partial charge is 0.341 e. The summed E-state index contributed by atoms with van der Waals surface area (Å²) in [5, 5.41) is 3.30. The summed E-state index contributed by atoms with van der Waals surface area (Å²) < 4.78 is 0. The maximum atomic E-state index is 12.1. The van der Waals surface area contributed by atoms with Gasteiger partial charge in [-0.25, -0.2) is 0 Å². The summed E-state index contributed by atoms with van der Waals surface area (Å²) in [6.07, 6.45) is 11.1. The molecule has 1 heterocycles. The Labute approximate surface area is 111 Å². The van der Waals surface area contributed by atoms with E-state index in [9.17, 15) is 4.79 Å². The van der Waals surface area contributed by atoms with Crippen LogP contribution < -0.4 is 5.32 Å². The standard InChI is InChI=1S/C15H28N2O/c1-16-14-9-5-11-17(12-14)15(18)10-4-8-13-6-2-3-7-13/h13-14,16H,2-12H2,1H3. The molecule has 2 rings (SSSR count). The fourth-order valence-corrected chi connectivity index (χ4v) is 3.44. The lowest BCUT2D eigenvalue weighted by atomic mass is 10.00. The Kier molecular flexibility index (Phi) is 5.48. The molecule has 1 amide bonds. The Morgan fingerprint density at radius 2 is 2.00 bits per heavy atom. The third kappa shape index (κ3) is 3.98. The van der Waals surface area contributed by atoms with Crippen molar-refractivity contribution < 1.29 is 4.79 Å². The van der Waals surface area contributed by atoms with E-state index in [0.717, 1.165) is 38.3 Å². The van der Waals surface area contributed by atoms with E-state index in [0.29, 0.717) is 11.9 Å². The second-order valence-electron chi connectivity index (χ2n) is 6.01. The van der Waals surface area contributed by atoms with Crippen LogP contribution in [0.2, 0.25) is 0 Å². The average molecular weight is 252 g/mol. The summed E-state index contributed by atoms with van der Waals surface area (Å²) in [5.41, 5.74) is 0. The van der Waals surface area contributed by atoms with Gasteiger partial charge in [0.2, 0.25) is 5.91 Å². The number of carbonyl (C=O) groups excluding carboxylic acids is 1. The molecular formula is C15H28N2O. The smallest absolute Gasteiger partial charge is 0.222 e. The highest BCUT2D eigenvalue weighted by molar-refractivity contribution is 5.76. The molecule has 1 saturated heterocycles. The van der Waals surface area contributed by atoms with Gasteiger partial charge in [0.05, 0.1) is 0 Å². The lowest BCUT2D eigenvalue weighted by molar-refractivity contribution is -0.132. The minimum absolute atomic E-state index is 0.382. The van der Waals surface area contributed by atoms with Gasteiger partial charge in [0, 0.05) is 25.6 Å². The molecule has 1 saturated carbocycles. The molecule has 18 heavy (non-hydrogen) atoms. The zero-order chi connectivity index (χ0) is 12.8. The zero-order valence-electron chi connectivity index (χ0n) is 11.8. The Bertz CT molecular complexity index is 261. The predicted molar refractivity (Wildman–Crippen MR) is 74.5 cm³/mol. The van der Waals surface area contributed by atoms with Crippen molar-refractivity contribution in [3.05, 3.63) is 0 Å². The van der Waals surface area contributed by atoms with Crippen LogP contribution in [0.15, 0.2) is 0 Å². The van der Waals surface area contributed by atoms with Crippen molar-refractivity contribution in [2.45, 2.75) is 63.8 Å². The number of rotatable bonds is 5. The van der Waals surface area contributed by atoms with E-state index in [1.807, 2.05) is 7.05 Å². The lowest BCUT2D eigenvalue weighted by Crippen LogP contribution is -2.46. The number of carbonyl (C=O) groups is 1. The summed E-state index contributed by atoms with van der Waals surface area (Å²) in [4.78, 5) is 14.2. The van der Waals surface area contributed by atoms with Crippen molar-refractivity contribution in [2.75, 3.05) is 20.1 Å². The van der Waals surface area contributed by atoms with Crippen molar-refractivity contribution in [3.8, 4) is 0 Å². The molecule has 0 spiro atoms. The Morgan fingerprint density at radius 1 is 1.22 bits per heavy atom. The van der Waals surface area contributed by atoms with Crippen LogP contribution in [-0.4, -0.2) is 37.0 Å². The molecule has 3 nitrogen and oxygen atoms in total. The zero-order valence-corrected chi connectivity index (χ0v) is 11.8. The van der Waals surface area contributed by atoms with E-state index in [2.05, 4.69) is 10.2 Å². The van der Waals surface area contributed by atoms with Crippen molar-refractivity contribution >= 4 is 5.91 Å². The summed E-state index contributed by atoms with van der Waals surface area (Å²) in [6.45, 7) is 1.89. The number of likely N-dealkylation sites (N-methyl/N-ethyl adjacent to an activating group) is 1. The number of likely N-dealkylation sites (tertiary alicyclic amines) is 1. The van der Waals surface area contributed by atoms with Crippen LogP contribution in [0.5, 0.6) is 0 Å². The third-order valence-corrected chi connectivity index (χ3v) is 4.66. The van der Waals surface area contributed by atoms with Gasteiger partial charge in [-0.3, -0.25) is 4.79 Å². The van der Waals surface area contributed by atoms with Gasteiger partial charge in [-0.05, 0) is 38.6 Å². The van der Waals surface area contributed by atoms with Gasteiger partial charge in [0.1, 0.15) is 0 Å². The summed E-state index contributed by atoms with van der Waals surface area (Å²) in [5.74, 6) is 1.30. The van der Waals surface area contributed by atoms with Gasteiger partial charge in [0.25, 0.3) is 0 Å². The van der Waals surface area contributed by atoms with Gasteiger partial charge >= 0.3 is 0 Å². The van der Waals surface area contributed by atoms with E-state index >= 15 is 0 Å². The van der Waals surface area contributed by atoms with Crippen molar-refractivity contribution in [3.63, 3.8) is 0 Å². The molecule has 0 aromatic heterocycles. The molecule has 1 aliphatic carbocycles. The van der Waals surface area contributed by atoms with Crippen LogP contribution in [0, 0.1) is 5.92 Å². The molecule has 1 N–H and O–H groups in total. The fraction of sp³-hybridized carbons (Fsp3) is 0.933. The van der Waals surface area contributed by atoms with E-state index in [1.54, 1.807) is 0 Å². The first-order chi connectivity index (χ1) is 8.79. The number of hydrogen-bond acceptors (Lipinski definition) is 2. The van der Waals surface area contributed by atoms with Crippen LogP contribution in [0.4, 0.5) is 0 Å². The minimum atomic E-state index is 0.382. The first-order valence-electron chi connectivity index (χ1n) is 7.74. The number of piperidine rings is 1. The van der Waals surface area contributed by atoms with Crippen LogP contribution in [-0.2, 0) is 4.79 Å². The minimum Gasteiger partial charge on any atom is -0.341 e. The van der Waals surface area contributed by atoms with E-state index in [-0.39, 0.29) is 0 Å². The second-order valence-corrected chi connectivity index (χ2v) is 6.01. The molecule has 104 valence electrons. The molecule has 0 bridgehead atoms. The highest BCUT2D eigenvalue weighted by Crippen LogP contribution is 2.29. The normalized spacial score (nSPS) is 25.6. The van der Waals surface area contributed by atoms with Crippen molar-refractivity contribution in [1.29, 1.82) is 0 Å². The van der Waals surface area contributed by atoms with Crippen molar-refractivity contribution in [1.82, 2.24) is 10.2 Å². The molecule has 1 atom stereocenters. The molecular weight excluding hydrogens is 224 g/mol. The Hall–Kier alpha value is -0.570. The predicted octanol–water partition coefficient (Wildman–Crippen LogP) is 2.56. The molecule has 1 unspecified atom stereocenters. The Balaban J connectivity index is 1.64. The number of nitrogens with zero attached hydrogens (tertiary/aromatic N) is 1. The third-order valence-electron chi connectivity index (χ3n) is 4.66. The molecule has 0 aromatic rings. The molecule has 1 aliphatic heterocycles. The first-order valence-corrected chi connectivity index (χ1v) is 7.74. The molecule has 3 heteroatoms. The van der Waals surface area contributed by atoms with Gasteiger partial charge in [-0.1, -0.05) is 25.7 Å². The second kappa shape index (κ2) is 7.13. The van der Waals surface area contributed by atoms with Crippen LogP contribution in [0.3, 0.4) is 0 Å². The maximum absolute atomic E-state index is 12.1. The number of amides is 1. The molecule has 0 radical (unpaired) electrons. The van der Waals surface area contributed by atoms with Gasteiger partial charge in [0.15, 0.2) is 0 Å². The SMILES string of the molecule is CNC1CCCN(C(=O)CCCC2CCCC2)C1. The van der Waals surface area contributed by atoms with Gasteiger partial charge in [-0.2, -0.15) is 0 Å². The topological polar surface area (TPSA) is 32.3 Å². The van der Waals surface area contributed by atoms with Gasteiger partial charge in [-0.15, -0.1) is 0 Å². The molecule has 0 aromatic carbocycles. The highest BCUT2D eigenvalue weighted by Gasteiger charge is 2.22. The van der Waals surface area contributed by atoms with Crippen LogP contribution >= 0.6 is 0 Å². The summed E-state index contributed by atoms with van der Waals surface area (Å²) >= 11 is 0. The van der Waals surface area contributed by atoms with E-state index in [1.165, 1.54) is 38.5 Å². The summed E-state index contributed by atoms with van der Waals surface area (Å²) in [7, 11) is 2.00. The lowest BCUT2D eigenvalue weighted by Gasteiger charge is -2.32.